The van der Waals surface area contributed by atoms with Crippen molar-refractivity contribution < 1.29 is 104 Å². The van der Waals surface area contributed by atoms with E-state index >= 15 is 0 Å². The van der Waals surface area contributed by atoms with Gasteiger partial charge in [-0.05, 0) is 0 Å². The molecule has 0 bridgehead atoms. The zero-order valence-electron chi connectivity index (χ0n) is 5.75. The molecule has 0 aromatic rings. The van der Waals surface area contributed by atoms with Crippen molar-refractivity contribution in [3.05, 3.63) is 15.3 Å². The average Bonchev–Trinajstić information content (AvgIpc) is 1.19. The van der Waals surface area contributed by atoms with Crippen LogP contribution in [-0.2, 0) is 10.4 Å². The van der Waals surface area contributed by atoms with Crippen LogP contribution in [0.15, 0.2) is 0 Å². The van der Waals surface area contributed by atoms with Gasteiger partial charge < -0.3 is 19.9 Å². The molecule has 0 rings (SSSR count). The van der Waals surface area contributed by atoms with E-state index in [0.29, 0.717) is 0 Å². The first kappa shape index (κ1) is 23.0. The SMILES string of the molecule is O=S(=O)([O-])O.O=[N+]([O-])[O-].[K+].[Na+]. The van der Waals surface area contributed by atoms with Gasteiger partial charge in [0.05, 0.1) is 5.09 Å². The van der Waals surface area contributed by atoms with E-state index in [-0.39, 0.29) is 80.9 Å². The quantitative estimate of drug-likeness (QED) is 0.141. The van der Waals surface area contributed by atoms with Crippen LogP contribution in [0.25, 0.3) is 0 Å². The summed E-state index contributed by atoms with van der Waals surface area (Å²) in [6.07, 6.45) is 0. The summed E-state index contributed by atoms with van der Waals surface area (Å²) in [5.74, 6) is 0. The topological polar surface area (TPSA) is 144 Å². The van der Waals surface area contributed by atoms with Crippen LogP contribution in [-0.4, -0.2) is 22.6 Å². The number of nitrogens with zero attached hydrogens (tertiary/aromatic N) is 1. The molecule has 0 unspecified atom stereocenters. The normalized spacial score (nSPS) is 7.45. The van der Waals surface area contributed by atoms with Gasteiger partial charge in [-0.1, -0.05) is 0 Å². The van der Waals surface area contributed by atoms with Gasteiger partial charge in [0.15, 0.2) is 0 Å². The minimum Gasteiger partial charge on any atom is -0.726 e. The van der Waals surface area contributed by atoms with Gasteiger partial charge in [-0.15, -0.1) is 0 Å². The smallest absolute Gasteiger partial charge is 0.726 e. The van der Waals surface area contributed by atoms with Gasteiger partial charge in [0, 0.05) is 0 Å². The zero-order valence-corrected chi connectivity index (χ0v) is 11.7. The summed E-state index contributed by atoms with van der Waals surface area (Å²) in [5, 5.41) is 14.8. The van der Waals surface area contributed by atoms with Crippen molar-refractivity contribution in [1.82, 2.24) is 0 Å². The number of hydrogen-bond donors (Lipinski definition) is 1. The largest absolute Gasteiger partial charge is 1.00 e. The van der Waals surface area contributed by atoms with Gasteiger partial charge in [0.2, 0.25) is 10.4 Å². The minimum atomic E-state index is -4.92. The first-order chi connectivity index (χ1) is 3.73. The van der Waals surface area contributed by atoms with E-state index < -0.39 is 15.5 Å². The van der Waals surface area contributed by atoms with Crippen LogP contribution < -0.4 is 80.9 Å². The summed E-state index contributed by atoms with van der Waals surface area (Å²) in [6.45, 7) is 0. The summed E-state index contributed by atoms with van der Waals surface area (Å²) in [7, 11) is -4.92. The van der Waals surface area contributed by atoms with E-state index in [1.54, 1.807) is 0 Å². The summed E-state index contributed by atoms with van der Waals surface area (Å²) in [5.41, 5.74) is 0. The maximum absolute atomic E-state index is 8.63. The van der Waals surface area contributed by atoms with Crippen molar-refractivity contribution in [3.63, 3.8) is 0 Å². The second-order valence-corrected chi connectivity index (χ2v) is 1.51. The fraction of sp³-hybridized carbons (Fsp3) is 0. The van der Waals surface area contributed by atoms with Gasteiger partial charge in [-0.3, -0.25) is 4.55 Å². The Bertz CT molecular complexity index is 161. The molecule has 0 heterocycles. The van der Waals surface area contributed by atoms with Crippen LogP contribution in [0, 0.1) is 15.3 Å². The third kappa shape index (κ3) is 379. The van der Waals surface area contributed by atoms with Gasteiger partial charge >= 0.3 is 80.9 Å². The molecule has 0 atom stereocenters. The van der Waals surface area contributed by atoms with Crippen LogP contribution in [0.5, 0.6) is 0 Å². The van der Waals surface area contributed by atoms with Gasteiger partial charge in [0.1, 0.15) is 0 Å². The molecule has 11 heteroatoms. The summed E-state index contributed by atoms with van der Waals surface area (Å²) in [6, 6.07) is 0. The maximum Gasteiger partial charge on any atom is 1.00 e. The molecule has 11 heavy (non-hydrogen) atoms. The molecular formula is HKNNaO7S. The molecular weight excluding hydrogens is 220 g/mol. The number of hydrogen-bond acceptors (Lipinski definition) is 6. The van der Waals surface area contributed by atoms with Crippen LogP contribution in [0.1, 0.15) is 0 Å². The summed E-state index contributed by atoms with van der Waals surface area (Å²) >= 11 is 0. The Balaban J connectivity index is -0.0000000383. The Labute approximate surface area is 127 Å². The molecule has 0 aromatic carbocycles. The van der Waals surface area contributed by atoms with Crippen molar-refractivity contribution in [1.29, 1.82) is 0 Å². The first-order valence-electron chi connectivity index (χ1n) is 1.23. The van der Waals surface area contributed by atoms with Crippen molar-refractivity contribution in [3.8, 4) is 0 Å². The van der Waals surface area contributed by atoms with E-state index in [9.17, 15) is 0 Å². The third-order valence-corrected chi connectivity index (χ3v) is 0. The predicted molar refractivity (Wildman–Crippen MR) is 22.7 cm³/mol. The Hall–Kier alpha value is 1.71. The predicted octanol–water partition coefficient (Wildman–Crippen LogP) is -7.23. The van der Waals surface area contributed by atoms with Crippen molar-refractivity contribution in [2.45, 2.75) is 0 Å². The molecule has 8 nitrogen and oxygen atoms in total. The molecule has 0 aliphatic rings. The maximum atomic E-state index is 8.63. The molecule has 0 saturated heterocycles. The van der Waals surface area contributed by atoms with E-state index in [2.05, 4.69) is 0 Å². The monoisotopic (exact) mass is 221 g/mol. The second kappa shape index (κ2) is 11.7. The number of rotatable bonds is 0. The van der Waals surface area contributed by atoms with Gasteiger partial charge in [0.25, 0.3) is 0 Å². The molecule has 0 spiro atoms. The molecule has 0 amide bonds. The van der Waals surface area contributed by atoms with Crippen LogP contribution in [0.4, 0.5) is 0 Å². The summed E-state index contributed by atoms with van der Waals surface area (Å²) < 4.78 is 32.8. The van der Waals surface area contributed by atoms with E-state index in [1.807, 2.05) is 0 Å². The van der Waals surface area contributed by atoms with E-state index in [0.717, 1.165) is 0 Å². The van der Waals surface area contributed by atoms with Gasteiger partial charge in [-0.2, -0.15) is 0 Å². The molecule has 0 fully saturated rings. The molecule has 56 valence electrons. The molecule has 0 saturated carbocycles. The molecule has 1 N–H and O–H groups in total. The van der Waals surface area contributed by atoms with Crippen LogP contribution in [0.3, 0.4) is 0 Å². The first-order valence-corrected chi connectivity index (χ1v) is 2.60. The molecule has 0 radical (unpaired) electrons. The molecule has 0 aliphatic heterocycles. The zero-order chi connectivity index (χ0) is 8.08. The van der Waals surface area contributed by atoms with Crippen LogP contribution in [0.2, 0.25) is 0 Å². The van der Waals surface area contributed by atoms with E-state index in [4.69, 9.17) is 32.8 Å². The van der Waals surface area contributed by atoms with Crippen LogP contribution >= 0.6 is 0 Å². The summed E-state index contributed by atoms with van der Waals surface area (Å²) in [4.78, 5) is 8.25. The van der Waals surface area contributed by atoms with Crippen molar-refractivity contribution in [2.75, 3.05) is 0 Å². The standard InChI is InChI=1S/K.NO3.Na.H2O4S/c;2-1(3)4;;1-5(2,3)4/h;;;(H2,1,2,3,4)/q+1;-1;+1;/p-1. The van der Waals surface area contributed by atoms with E-state index in [1.165, 1.54) is 0 Å². The molecule has 0 aromatic heterocycles. The Morgan fingerprint density at radius 3 is 1.27 bits per heavy atom. The Kier molecular flexibility index (Phi) is 24.4. The minimum absolute atomic E-state index is 0. The van der Waals surface area contributed by atoms with Gasteiger partial charge in [-0.25, -0.2) is 8.42 Å². The average molecular weight is 221 g/mol. The molecule has 0 aliphatic carbocycles. The second-order valence-electron chi connectivity index (χ2n) is 0.651. The Morgan fingerprint density at radius 2 is 1.27 bits per heavy atom. The fourth-order valence-electron chi connectivity index (χ4n) is 0. The van der Waals surface area contributed by atoms with Crippen molar-refractivity contribution in [2.24, 2.45) is 0 Å². The van der Waals surface area contributed by atoms with Crippen molar-refractivity contribution >= 4 is 10.4 Å². The fourth-order valence-corrected chi connectivity index (χ4v) is 0. The Morgan fingerprint density at radius 1 is 1.27 bits per heavy atom. The third-order valence-electron chi connectivity index (χ3n) is 0.